The van der Waals surface area contributed by atoms with Gasteiger partial charge in [-0.2, -0.15) is 0 Å². The van der Waals surface area contributed by atoms with Gasteiger partial charge in [0.1, 0.15) is 23.5 Å². The molecule has 1 aliphatic heterocycles. The Morgan fingerprint density at radius 2 is 2.39 bits per heavy atom. The molecule has 0 saturated heterocycles. The summed E-state index contributed by atoms with van der Waals surface area (Å²) < 4.78 is 10.3. The summed E-state index contributed by atoms with van der Waals surface area (Å²) in [6.07, 6.45) is 0.141. The second-order valence-electron chi connectivity index (χ2n) is 3.92. The number of hydrogen-bond donors (Lipinski definition) is 0. The summed E-state index contributed by atoms with van der Waals surface area (Å²) in [5, 5.41) is 10.8. The van der Waals surface area contributed by atoms with Gasteiger partial charge in [0.2, 0.25) is 0 Å². The third-order valence-corrected chi connectivity index (χ3v) is 2.84. The molecule has 0 spiro atoms. The number of fused-ring (bicyclic) bond motifs is 1. The first-order chi connectivity index (χ1) is 8.47. The first kappa shape index (κ1) is 12.6. The van der Waals surface area contributed by atoms with Crippen LogP contribution in [-0.2, 0) is 16.0 Å². The van der Waals surface area contributed by atoms with Crippen LogP contribution in [0.5, 0.6) is 5.75 Å². The van der Waals surface area contributed by atoms with Gasteiger partial charge in [-0.3, -0.25) is 14.9 Å². The van der Waals surface area contributed by atoms with Crippen molar-refractivity contribution in [3.63, 3.8) is 0 Å². The van der Waals surface area contributed by atoms with Crippen molar-refractivity contribution < 1.29 is 19.2 Å². The Hall–Kier alpha value is -1.82. The molecular weight excluding hydrogens is 262 g/mol. The Kier molecular flexibility index (Phi) is 3.38. The summed E-state index contributed by atoms with van der Waals surface area (Å²) in [6.45, 7) is 1.43. The number of nitrogens with zero attached hydrogens (tertiary/aromatic N) is 1. The maximum Gasteiger partial charge on any atom is 0.302 e. The molecule has 96 valence electrons. The van der Waals surface area contributed by atoms with E-state index in [-0.39, 0.29) is 23.4 Å². The van der Waals surface area contributed by atoms with Gasteiger partial charge in [0.25, 0.3) is 5.69 Å². The fourth-order valence-corrected chi connectivity index (χ4v) is 1.99. The molecule has 0 aliphatic carbocycles. The summed E-state index contributed by atoms with van der Waals surface area (Å²) in [5.41, 5.74) is 0.551. The molecule has 1 aromatic rings. The summed E-state index contributed by atoms with van der Waals surface area (Å²) >= 11 is 5.77. The Morgan fingerprint density at radius 1 is 1.67 bits per heavy atom. The van der Waals surface area contributed by atoms with Crippen molar-refractivity contribution in [2.24, 2.45) is 0 Å². The van der Waals surface area contributed by atoms with Gasteiger partial charge in [-0.1, -0.05) is 11.6 Å². The van der Waals surface area contributed by atoms with Crippen molar-refractivity contribution in [3.05, 3.63) is 32.8 Å². The highest BCUT2D eigenvalue weighted by Gasteiger charge is 2.27. The maximum absolute atomic E-state index is 10.7. The highest BCUT2D eigenvalue weighted by atomic mass is 35.5. The minimum absolute atomic E-state index is 0.0342. The van der Waals surface area contributed by atoms with Gasteiger partial charge in [0, 0.05) is 31.0 Å². The topological polar surface area (TPSA) is 78.7 Å². The number of carbonyl (C=O) groups is 1. The number of carbonyl (C=O) groups excluding carboxylic acids is 1. The highest BCUT2D eigenvalue weighted by Crippen LogP contribution is 2.37. The molecule has 1 aromatic carbocycles. The largest absolute Gasteiger partial charge is 0.486 e. The van der Waals surface area contributed by atoms with Gasteiger partial charge in [-0.05, 0) is 0 Å². The van der Waals surface area contributed by atoms with Crippen LogP contribution in [0.2, 0.25) is 5.02 Å². The third kappa shape index (κ3) is 2.53. The molecule has 7 heteroatoms. The average Bonchev–Trinajstić information content (AvgIpc) is 2.66. The third-order valence-electron chi connectivity index (χ3n) is 2.54. The minimum atomic E-state index is -0.540. The minimum Gasteiger partial charge on any atom is -0.486 e. The number of nitro groups is 1. The standard InChI is InChI=1S/C11H10ClNO5/c1-6(14)17-5-8-2-7-3-10(13(15)16)9(12)4-11(7)18-8/h3-4,8H,2,5H2,1H3. The van der Waals surface area contributed by atoms with Gasteiger partial charge in [0.15, 0.2) is 0 Å². The van der Waals surface area contributed by atoms with Gasteiger partial charge in [0.05, 0.1) is 4.92 Å². The van der Waals surface area contributed by atoms with E-state index in [4.69, 9.17) is 21.1 Å². The van der Waals surface area contributed by atoms with Crippen LogP contribution in [0.25, 0.3) is 0 Å². The molecule has 0 N–H and O–H groups in total. The Morgan fingerprint density at radius 3 is 3.00 bits per heavy atom. The van der Waals surface area contributed by atoms with Crippen LogP contribution < -0.4 is 4.74 Å². The molecule has 1 heterocycles. The number of esters is 1. The molecule has 0 radical (unpaired) electrons. The van der Waals surface area contributed by atoms with E-state index < -0.39 is 10.9 Å². The van der Waals surface area contributed by atoms with E-state index in [1.54, 1.807) is 0 Å². The molecule has 18 heavy (non-hydrogen) atoms. The number of hydrogen-bond acceptors (Lipinski definition) is 5. The molecule has 0 amide bonds. The SMILES string of the molecule is CC(=O)OCC1Cc2cc([N+](=O)[O-])c(Cl)cc2O1. The number of nitro benzene ring substituents is 1. The monoisotopic (exact) mass is 271 g/mol. The van der Waals surface area contributed by atoms with Gasteiger partial charge in [-0.25, -0.2) is 0 Å². The molecular formula is C11H10ClNO5. The smallest absolute Gasteiger partial charge is 0.302 e. The number of rotatable bonds is 3. The van der Waals surface area contributed by atoms with Crippen molar-refractivity contribution in [1.29, 1.82) is 0 Å². The van der Waals surface area contributed by atoms with Gasteiger partial charge >= 0.3 is 5.97 Å². The van der Waals surface area contributed by atoms with Gasteiger partial charge in [-0.15, -0.1) is 0 Å². The van der Waals surface area contributed by atoms with Crippen LogP contribution in [0, 0.1) is 10.1 Å². The normalized spacial score (nSPS) is 16.9. The first-order valence-electron chi connectivity index (χ1n) is 5.24. The number of halogens is 1. The number of benzene rings is 1. The fraction of sp³-hybridized carbons (Fsp3) is 0.364. The van der Waals surface area contributed by atoms with E-state index in [1.807, 2.05) is 0 Å². The second-order valence-corrected chi connectivity index (χ2v) is 4.32. The summed E-state index contributed by atoms with van der Waals surface area (Å²) in [6, 6.07) is 2.81. The first-order valence-corrected chi connectivity index (χ1v) is 5.62. The zero-order valence-electron chi connectivity index (χ0n) is 9.51. The van der Waals surface area contributed by atoms with E-state index >= 15 is 0 Å². The second kappa shape index (κ2) is 4.81. The fourth-order valence-electron chi connectivity index (χ4n) is 1.77. The maximum atomic E-state index is 10.7. The molecule has 2 rings (SSSR count). The lowest BCUT2D eigenvalue weighted by molar-refractivity contribution is -0.384. The predicted molar refractivity (Wildman–Crippen MR) is 62.9 cm³/mol. The van der Waals surface area contributed by atoms with E-state index in [2.05, 4.69) is 0 Å². The quantitative estimate of drug-likeness (QED) is 0.478. The molecule has 6 nitrogen and oxygen atoms in total. The van der Waals surface area contributed by atoms with Crippen molar-refractivity contribution in [3.8, 4) is 5.75 Å². The lowest BCUT2D eigenvalue weighted by Gasteiger charge is -2.09. The van der Waals surface area contributed by atoms with Crippen LogP contribution in [0.4, 0.5) is 5.69 Å². The summed E-state index contributed by atoms with van der Waals surface area (Å²) in [5.74, 6) is 0.112. The van der Waals surface area contributed by atoms with Crippen molar-refractivity contribution in [2.45, 2.75) is 19.4 Å². The average molecular weight is 272 g/mol. The van der Waals surface area contributed by atoms with Crippen LogP contribution in [0.15, 0.2) is 12.1 Å². The lowest BCUT2D eigenvalue weighted by atomic mass is 10.1. The molecule has 0 aromatic heterocycles. The zero-order valence-corrected chi connectivity index (χ0v) is 10.3. The van der Waals surface area contributed by atoms with Crippen LogP contribution in [-0.4, -0.2) is 23.6 Å². The lowest BCUT2D eigenvalue weighted by Crippen LogP contribution is -2.21. The van der Waals surface area contributed by atoms with Crippen LogP contribution in [0.3, 0.4) is 0 Å². The Balaban J connectivity index is 2.15. The Labute approximate surface area is 108 Å². The molecule has 0 bridgehead atoms. The molecule has 1 atom stereocenters. The van der Waals surface area contributed by atoms with E-state index in [1.165, 1.54) is 19.1 Å². The molecule has 1 aliphatic rings. The van der Waals surface area contributed by atoms with Crippen molar-refractivity contribution in [1.82, 2.24) is 0 Å². The number of ether oxygens (including phenoxy) is 2. The van der Waals surface area contributed by atoms with Gasteiger partial charge < -0.3 is 9.47 Å². The van der Waals surface area contributed by atoms with E-state index in [9.17, 15) is 14.9 Å². The summed E-state index contributed by atoms with van der Waals surface area (Å²) in [7, 11) is 0. The van der Waals surface area contributed by atoms with E-state index in [0.717, 1.165) is 0 Å². The summed E-state index contributed by atoms with van der Waals surface area (Å²) in [4.78, 5) is 20.9. The molecule has 0 saturated carbocycles. The molecule has 0 fully saturated rings. The highest BCUT2D eigenvalue weighted by molar-refractivity contribution is 6.32. The van der Waals surface area contributed by atoms with Crippen molar-refractivity contribution >= 4 is 23.3 Å². The Bertz CT molecular complexity index is 516. The predicted octanol–water partition coefficient (Wildman–Crippen LogP) is 2.11. The van der Waals surface area contributed by atoms with Crippen LogP contribution in [0.1, 0.15) is 12.5 Å². The van der Waals surface area contributed by atoms with Crippen LogP contribution >= 0.6 is 11.6 Å². The van der Waals surface area contributed by atoms with Crippen molar-refractivity contribution in [2.75, 3.05) is 6.61 Å². The zero-order chi connectivity index (χ0) is 13.3. The molecule has 1 unspecified atom stereocenters. The van der Waals surface area contributed by atoms with E-state index in [0.29, 0.717) is 17.7 Å².